The van der Waals surface area contributed by atoms with Gasteiger partial charge in [0.25, 0.3) is 0 Å². The summed E-state index contributed by atoms with van der Waals surface area (Å²) in [6, 6.07) is 0. The molecule has 0 aromatic carbocycles. The highest BCUT2D eigenvalue weighted by Gasteiger charge is 2.14. The topological polar surface area (TPSA) is 47.0 Å². The van der Waals surface area contributed by atoms with Gasteiger partial charge in [0.1, 0.15) is 0 Å². The van der Waals surface area contributed by atoms with Crippen LogP contribution in [0.5, 0.6) is 0 Å². The Labute approximate surface area is 109 Å². The van der Waals surface area contributed by atoms with Crippen molar-refractivity contribution in [2.24, 2.45) is 0 Å². The van der Waals surface area contributed by atoms with Crippen molar-refractivity contribution in [2.75, 3.05) is 59.5 Å². The Bertz CT molecular complexity index is 314. The smallest absolute Gasteiger partial charge is 0.219 e. The molecule has 0 bridgehead atoms. The van der Waals surface area contributed by atoms with E-state index in [1.165, 1.54) is 0 Å². The highest BCUT2D eigenvalue weighted by atomic mass is 16.3. The molecule has 1 fully saturated rings. The molecule has 5 heteroatoms. The molecular formula is C13H23N3O2. The van der Waals surface area contributed by atoms with Crippen molar-refractivity contribution in [3.05, 3.63) is 0 Å². The average Bonchev–Trinajstić information content (AvgIpc) is 2.36. The molecule has 1 amide bonds. The molecule has 0 aliphatic carbocycles. The van der Waals surface area contributed by atoms with Gasteiger partial charge >= 0.3 is 0 Å². The van der Waals surface area contributed by atoms with Crippen molar-refractivity contribution in [1.29, 1.82) is 0 Å². The predicted octanol–water partition coefficient (Wildman–Crippen LogP) is -0.922. The van der Waals surface area contributed by atoms with Crippen LogP contribution in [0.3, 0.4) is 0 Å². The van der Waals surface area contributed by atoms with E-state index in [1.54, 1.807) is 18.9 Å². The highest BCUT2D eigenvalue weighted by molar-refractivity contribution is 5.73. The van der Waals surface area contributed by atoms with Crippen LogP contribution in [0.2, 0.25) is 0 Å². The largest absolute Gasteiger partial charge is 0.395 e. The number of hydrogen-bond donors (Lipinski definition) is 1. The van der Waals surface area contributed by atoms with E-state index in [2.05, 4.69) is 21.6 Å². The van der Waals surface area contributed by atoms with Gasteiger partial charge in [0.2, 0.25) is 5.91 Å². The molecule has 0 atom stereocenters. The fourth-order valence-electron chi connectivity index (χ4n) is 1.77. The second-order valence-corrected chi connectivity index (χ2v) is 4.57. The number of aliphatic hydroxyl groups is 1. The zero-order valence-corrected chi connectivity index (χ0v) is 11.4. The van der Waals surface area contributed by atoms with Crippen LogP contribution in [0.4, 0.5) is 0 Å². The minimum Gasteiger partial charge on any atom is -0.395 e. The van der Waals surface area contributed by atoms with Crippen LogP contribution < -0.4 is 0 Å². The minimum absolute atomic E-state index is 0.0434. The van der Waals surface area contributed by atoms with Crippen LogP contribution in [0, 0.1) is 11.8 Å². The molecular weight excluding hydrogens is 230 g/mol. The van der Waals surface area contributed by atoms with Crippen LogP contribution in [0.25, 0.3) is 0 Å². The molecule has 1 saturated heterocycles. The highest BCUT2D eigenvalue weighted by Crippen LogP contribution is 1.99. The number of piperazine rings is 1. The number of hydrogen-bond acceptors (Lipinski definition) is 4. The summed E-state index contributed by atoms with van der Waals surface area (Å²) in [7, 11) is 1.75. The van der Waals surface area contributed by atoms with Crippen molar-refractivity contribution in [3.8, 4) is 11.8 Å². The summed E-state index contributed by atoms with van der Waals surface area (Å²) in [5.41, 5.74) is 0. The summed E-state index contributed by atoms with van der Waals surface area (Å²) in [5, 5.41) is 8.84. The van der Waals surface area contributed by atoms with Gasteiger partial charge in [-0.1, -0.05) is 11.8 Å². The lowest BCUT2D eigenvalue weighted by Crippen LogP contribution is -2.47. The third kappa shape index (κ3) is 5.50. The van der Waals surface area contributed by atoms with E-state index in [1.807, 2.05) is 0 Å². The average molecular weight is 253 g/mol. The Morgan fingerprint density at radius 3 is 2.39 bits per heavy atom. The first kappa shape index (κ1) is 15.0. The first-order chi connectivity index (χ1) is 8.63. The van der Waals surface area contributed by atoms with Gasteiger partial charge in [-0.2, -0.15) is 0 Å². The molecule has 1 N–H and O–H groups in total. The molecule has 0 saturated carbocycles. The Morgan fingerprint density at radius 2 is 1.83 bits per heavy atom. The van der Waals surface area contributed by atoms with Crippen LogP contribution in [0.15, 0.2) is 0 Å². The molecule has 0 spiro atoms. The van der Waals surface area contributed by atoms with Gasteiger partial charge in [0, 0.05) is 46.7 Å². The zero-order chi connectivity index (χ0) is 13.4. The van der Waals surface area contributed by atoms with Crippen molar-refractivity contribution >= 4 is 5.91 Å². The summed E-state index contributed by atoms with van der Waals surface area (Å²) < 4.78 is 0. The SMILES string of the molecule is CC(=O)N(C)CC#CCN1CCN(CCO)CC1. The molecule has 0 aromatic rings. The predicted molar refractivity (Wildman–Crippen MR) is 71.1 cm³/mol. The summed E-state index contributed by atoms with van der Waals surface area (Å²) in [5.74, 6) is 6.16. The molecule has 102 valence electrons. The van der Waals surface area contributed by atoms with E-state index < -0.39 is 0 Å². The first-order valence-electron chi connectivity index (χ1n) is 6.36. The molecule has 1 heterocycles. The minimum atomic E-state index is 0.0434. The van der Waals surface area contributed by atoms with Gasteiger partial charge in [-0.3, -0.25) is 14.6 Å². The van der Waals surface area contributed by atoms with Gasteiger partial charge in [-0.05, 0) is 0 Å². The Morgan fingerprint density at radius 1 is 1.22 bits per heavy atom. The second-order valence-electron chi connectivity index (χ2n) is 4.57. The summed E-state index contributed by atoms with van der Waals surface area (Å²) in [6.07, 6.45) is 0. The number of carbonyl (C=O) groups excluding carboxylic acids is 1. The number of amides is 1. The Balaban J connectivity index is 2.18. The fourth-order valence-corrected chi connectivity index (χ4v) is 1.77. The van der Waals surface area contributed by atoms with E-state index >= 15 is 0 Å². The maximum Gasteiger partial charge on any atom is 0.219 e. The van der Waals surface area contributed by atoms with Gasteiger partial charge < -0.3 is 10.0 Å². The molecule has 0 aromatic heterocycles. The van der Waals surface area contributed by atoms with E-state index in [-0.39, 0.29) is 12.5 Å². The van der Waals surface area contributed by atoms with E-state index in [0.717, 1.165) is 39.3 Å². The van der Waals surface area contributed by atoms with E-state index in [0.29, 0.717) is 6.54 Å². The van der Waals surface area contributed by atoms with Crippen molar-refractivity contribution in [2.45, 2.75) is 6.92 Å². The number of carbonyl (C=O) groups is 1. The first-order valence-corrected chi connectivity index (χ1v) is 6.36. The monoisotopic (exact) mass is 253 g/mol. The van der Waals surface area contributed by atoms with Gasteiger partial charge in [-0.15, -0.1) is 0 Å². The van der Waals surface area contributed by atoms with Crippen LogP contribution in [-0.4, -0.2) is 85.2 Å². The van der Waals surface area contributed by atoms with Crippen LogP contribution in [0.1, 0.15) is 6.92 Å². The molecule has 0 unspecified atom stereocenters. The second kappa shape index (κ2) is 8.09. The van der Waals surface area contributed by atoms with Crippen molar-refractivity contribution in [3.63, 3.8) is 0 Å². The lowest BCUT2D eigenvalue weighted by molar-refractivity contribution is -0.126. The Kier molecular flexibility index (Phi) is 6.73. The maximum absolute atomic E-state index is 11.0. The number of rotatable bonds is 4. The van der Waals surface area contributed by atoms with Crippen molar-refractivity contribution in [1.82, 2.24) is 14.7 Å². The molecule has 1 aliphatic rings. The molecule has 5 nitrogen and oxygen atoms in total. The number of β-amino-alcohol motifs (C(OH)–C–C–N with tert-alkyl or cyclic N) is 1. The van der Waals surface area contributed by atoms with E-state index in [9.17, 15) is 4.79 Å². The van der Waals surface area contributed by atoms with Gasteiger partial charge in [0.15, 0.2) is 0 Å². The van der Waals surface area contributed by atoms with Gasteiger partial charge in [0.05, 0.1) is 19.7 Å². The standard InChI is InChI=1S/C13H23N3O2/c1-13(18)14(2)5-3-4-6-15-7-9-16(10-8-15)11-12-17/h17H,5-12H2,1-2H3. The third-order valence-electron chi connectivity index (χ3n) is 3.16. The quantitative estimate of drug-likeness (QED) is 0.658. The zero-order valence-electron chi connectivity index (χ0n) is 11.4. The van der Waals surface area contributed by atoms with Crippen LogP contribution >= 0.6 is 0 Å². The lowest BCUT2D eigenvalue weighted by Gasteiger charge is -2.33. The van der Waals surface area contributed by atoms with Gasteiger partial charge in [-0.25, -0.2) is 0 Å². The van der Waals surface area contributed by atoms with Crippen molar-refractivity contribution < 1.29 is 9.90 Å². The lowest BCUT2D eigenvalue weighted by atomic mass is 10.3. The third-order valence-corrected chi connectivity index (χ3v) is 3.16. The molecule has 0 radical (unpaired) electrons. The Hall–Kier alpha value is -1.09. The fraction of sp³-hybridized carbons (Fsp3) is 0.769. The molecule has 1 rings (SSSR count). The molecule has 1 aliphatic heterocycles. The molecule has 18 heavy (non-hydrogen) atoms. The maximum atomic E-state index is 11.0. The van der Waals surface area contributed by atoms with Crippen LogP contribution in [-0.2, 0) is 4.79 Å². The van der Waals surface area contributed by atoms with E-state index in [4.69, 9.17) is 5.11 Å². The summed E-state index contributed by atoms with van der Waals surface area (Å²) in [4.78, 5) is 17.1. The summed E-state index contributed by atoms with van der Waals surface area (Å²) in [6.45, 7) is 7.79. The number of nitrogens with zero attached hydrogens (tertiary/aromatic N) is 3. The number of aliphatic hydroxyl groups excluding tert-OH is 1. The summed E-state index contributed by atoms with van der Waals surface area (Å²) >= 11 is 0. The normalized spacial score (nSPS) is 17.1.